The van der Waals surface area contributed by atoms with Gasteiger partial charge in [-0.05, 0) is 36.4 Å². The number of carbonyl (C=O) groups excluding carboxylic acids is 1. The van der Waals surface area contributed by atoms with Gasteiger partial charge < -0.3 is 29.4 Å². The van der Waals surface area contributed by atoms with Crippen LogP contribution in [0.15, 0.2) is 36.4 Å². The van der Waals surface area contributed by atoms with Crippen molar-refractivity contribution >= 4 is 11.7 Å². The van der Waals surface area contributed by atoms with Crippen LogP contribution in [-0.2, 0) is 15.1 Å². The Morgan fingerprint density at radius 2 is 1.45 bits per heavy atom. The first-order valence-electron chi connectivity index (χ1n) is 8.17. The highest BCUT2D eigenvalue weighted by atomic mass is 19.4. The number of alkyl halides is 3. The van der Waals surface area contributed by atoms with Crippen LogP contribution in [0.1, 0.15) is 5.56 Å². The van der Waals surface area contributed by atoms with Gasteiger partial charge in [0.05, 0.1) is 28.4 Å². The van der Waals surface area contributed by atoms with Crippen LogP contribution in [0.4, 0.5) is 18.9 Å². The van der Waals surface area contributed by atoms with Crippen molar-refractivity contribution in [2.45, 2.75) is 11.7 Å². The van der Waals surface area contributed by atoms with Crippen molar-refractivity contribution in [2.75, 3.05) is 33.8 Å². The Morgan fingerprint density at radius 1 is 0.931 bits per heavy atom. The van der Waals surface area contributed by atoms with E-state index in [1.165, 1.54) is 31.4 Å². The third kappa shape index (κ3) is 3.96. The Kier molecular flexibility index (Phi) is 6.35. The van der Waals surface area contributed by atoms with Crippen LogP contribution in [-0.4, -0.2) is 45.7 Å². The number of halogens is 3. The van der Waals surface area contributed by atoms with E-state index < -0.39 is 29.0 Å². The van der Waals surface area contributed by atoms with Gasteiger partial charge in [0.1, 0.15) is 5.75 Å². The summed E-state index contributed by atoms with van der Waals surface area (Å²) in [5.41, 5.74) is -3.94. The van der Waals surface area contributed by atoms with Crippen molar-refractivity contribution in [3.63, 3.8) is 0 Å². The fraction of sp³-hybridized carbons (Fsp3) is 0.316. The van der Waals surface area contributed by atoms with E-state index >= 15 is 0 Å². The van der Waals surface area contributed by atoms with Gasteiger partial charge in [0.15, 0.2) is 11.5 Å². The fourth-order valence-corrected chi connectivity index (χ4v) is 2.75. The lowest BCUT2D eigenvalue weighted by Gasteiger charge is -2.35. The second kappa shape index (κ2) is 8.38. The molecule has 2 rings (SSSR count). The summed E-state index contributed by atoms with van der Waals surface area (Å²) in [5, 5.41) is 12.3. The molecular weight excluding hydrogens is 395 g/mol. The minimum Gasteiger partial charge on any atom is -0.502 e. The first kappa shape index (κ1) is 22.0. The lowest BCUT2D eigenvalue weighted by atomic mass is 9.87. The summed E-state index contributed by atoms with van der Waals surface area (Å²) in [6.45, 7) is 0. The number of methoxy groups -OCH3 is 4. The molecule has 10 heteroatoms. The number of rotatable bonds is 7. The number of benzene rings is 2. The van der Waals surface area contributed by atoms with Crippen LogP contribution in [0.2, 0.25) is 0 Å². The minimum atomic E-state index is -5.15. The molecule has 2 aromatic carbocycles. The third-order valence-electron chi connectivity index (χ3n) is 4.25. The maximum atomic E-state index is 14.4. The summed E-state index contributed by atoms with van der Waals surface area (Å²) in [6.07, 6.45) is -5.15. The second-order valence-corrected chi connectivity index (χ2v) is 5.82. The standard InChI is InChI=1S/C19H20F3NO6/c1-26-13-7-5-12(6-8-13)23-18(17(25)29-4,19(20,21)22)11-9-14(27-2)16(24)15(10-11)28-3/h5-10,23-24H,1-4H3/t18-/m1/s1. The molecule has 158 valence electrons. The molecule has 0 amide bonds. The van der Waals surface area contributed by atoms with E-state index in [4.69, 9.17) is 14.2 Å². The van der Waals surface area contributed by atoms with Gasteiger partial charge >= 0.3 is 12.1 Å². The van der Waals surface area contributed by atoms with Crippen LogP contribution in [0, 0.1) is 0 Å². The average molecular weight is 415 g/mol. The van der Waals surface area contributed by atoms with Gasteiger partial charge in [-0.3, -0.25) is 0 Å². The van der Waals surface area contributed by atoms with Gasteiger partial charge in [-0.25, -0.2) is 4.79 Å². The van der Waals surface area contributed by atoms with Gasteiger partial charge in [0, 0.05) is 11.3 Å². The molecule has 0 heterocycles. The zero-order chi connectivity index (χ0) is 21.8. The number of nitrogens with one attached hydrogen (secondary N) is 1. The van der Waals surface area contributed by atoms with E-state index in [9.17, 15) is 23.1 Å². The Bertz CT molecular complexity index is 844. The van der Waals surface area contributed by atoms with Gasteiger partial charge in [-0.1, -0.05) is 0 Å². The molecule has 0 saturated carbocycles. The molecule has 0 aliphatic rings. The molecule has 2 N–H and O–H groups in total. The number of carbonyl (C=O) groups is 1. The molecule has 0 spiro atoms. The van der Waals surface area contributed by atoms with E-state index in [0.717, 1.165) is 33.5 Å². The quantitative estimate of drug-likeness (QED) is 0.670. The maximum absolute atomic E-state index is 14.4. The van der Waals surface area contributed by atoms with Crippen LogP contribution < -0.4 is 19.5 Å². The first-order valence-corrected chi connectivity index (χ1v) is 8.17. The highest BCUT2D eigenvalue weighted by Gasteiger charge is 2.63. The number of esters is 1. The van der Waals surface area contributed by atoms with E-state index in [2.05, 4.69) is 10.1 Å². The van der Waals surface area contributed by atoms with Crippen molar-refractivity contribution in [3.8, 4) is 23.0 Å². The molecule has 0 radical (unpaired) electrons. The minimum absolute atomic E-state index is 0.0282. The Hall–Kier alpha value is -3.30. The molecule has 0 bridgehead atoms. The van der Waals surface area contributed by atoms with Crippen molar-refractivity contribution in [1.29, 1.82) is 0 Å². The molecule has 0 unspecified atom stereocenters. The lowest BCUT2D eigenvalue weighted by Crippen LogP contribution is -2.55. The van der Waals surface area contributed by atoms with Gasteiger partial charge in [0.25, 0.3) is 5.54 Å². The number of ether oxygens (including phenoxy) is 4. The second-order valence-electron chi connectivity index (χ2n) is 5.82. The summed E-state index contributed by atoms with van der Waals surface area (Å²) in [6, 6.07) is 7.27. The zero-order valence-electron chi connectivity index (χ0n) is 16.1. The van der Waals surface area contributed by atoms with Gasteiger partial charge in [-0.15, -0.1) is 0 Å². The number of phenolic OH excluding ortho intramolecular Hbond substituents is 1. The molecule has 7 nitrogen and oxygen atoms in total. The van der Waals surface area contributed by atoms with Crippen LogP contribution in [0.5, 0.6) is 23.0 Å². The number of anilines is 1. The van der Waals surface area contributed by atoms with Crippen molar-refractivity contribution in [1.82, 2.24) is 0 Å². The topological polar surface area (TPSA) is 86.3 Å². The molecule has 0 aliphatic heterocycles. The third-order valence-corrected chi connectivity index (χ3v) is 4.25. The van der Waals surface area contributed by atoms with E-state index in [1.807, 2.05) is 0 Å². The molecule has 0 fully saturated rings. The Labute approximate surface area is 164 Å². The van der Waals surface area contributed by atoms with Crippen LogP contribution in [0.3, 0.4) is 0 Å². The van der Waals surface area contributed by atoms with Crippen LogP contribution in [0.25, 0.3) is 0 Å². The normalized spacial score (nSPS) is 13.2. The summed E-state index contributed by atoms with van der Waals surface area (Å²) in [7, 11) is 4.56. The number of hydrogen-bond donors (Lipinski definition) is 2. The molecule has 0 saturated heterocycles. The molecule has 2 aromatic rings. The SMILES string of the molecule is COC(=O)[C@](Nc1ccc(OC)cc1)(c1cc(OC)c(O)c(OC)c1)C(F)(F)F. The molecule has 29 heavy (non-hydrogen) atoms. The van der Waals surface area contributed by atoms with Gasteiger partial charge in [-0.2, -0.15) is 13.2 Å². The maximum Gasteiger partial charge on any atom is 0.426 e. The summed E-state index contributed by atoms with van der Waals surface area (Å²) < 4.78 is 62.5. The summed E-state index contributed by atoms with van der Waals surface area (Å²) in [5.74, 6) is -2.33. The average Bonchev–Trinajstić information content (AvgIpc) is 2.71. The lowest BCUT2D eigenvalue weighted by molar-refractivity contribution is -0.201. The van der Waals surface area contributed by atoms with Crippen molar-refractivity contribution in [2.24, 2.45) is 0 Å². The monoisotopic (exact) mass is 415 g/mol. The van der Waals surface area contributed by atoms with E-state index in [0.29, 0.717) is 5.75 Å². The fourth-order valence-electron chi connectivity index (χ4n) is 2.75. The van der Waals surface area contributed by atoms with Crippen LogP contribution >= 0.6 is 0 Å². The number of aromatic hydroxyl groups is 1. The Balaban J connectivity index is 2.77. The van der Waals surface area contributed by atoms with Crippen molar-refractivity contribution in [3.05, 3.63) is 42.0 Å². The molecular formula is C19H20F3NO6. The number of hydrogen-bond acceptors (Lipinski definition) is 7. The largest absolute Gasteiger partial charge is 0.502 e. The summed E-state index contributed by atoms with van der Waals surface area (Å²) >= 11 is 0. The van der Waals surface area contributed by atoms with Crippen molar-refractivity contribution < 1.29 is 42.0 Å². The molecule has 0 aliphatic carbocycles. The predicted octanol–water partition coefficient (Wildman–Crippen LogP) is 3.46. The first-order chi connectivity index (χ1) is 13.6. The zero-order valence-corrected chi connectivity index (χ0v) is 16.1. The highest BCUT2D eigenvalue weighted by Crippen LogP contribution is 2.47. The van der Waals surface area contributed by atoms with E-state index in [1.54, 1.807) is 0 Å². The predicted molar refractivity (Wildman–Crippen MR) is 97.6 cm³/mol. The highest BCUT2D eigenvalue weighted by molar-refractivity contribution is 5.88. The van der Waals surface area contributed by atoms with Gasteiger partial charge in [0.2, 0.25) is 5.75 Å². The molecule has 0 aromatic heterocycles. The summed E-state index contributed by atoms with van der Waals surface area (Å²) in [4.78, 5) is 12.5. The van der Waals surface area contributed by atoms with E-state index in [-0.39, 0.29) is 17.2 Å². The number of phenols is 1. The Morgan fingerprint density at radius 3 is 1.83 bits per heavy atom. The molecule has 1 atom stereocenters. The smallest absolute Gasteiger partial charge is 0.426 e.